The lowest BCUT2D eigenvalue weighted by Gasteiger charge is -2.35. The van der Waals surface area contributed by atoms with Crippen molar-refractivity contribution in [3.63, 3.8) is 0 Å². The van der Waals surface area contributed by atoms with Gasteiger partial charge in [-0.2, -0.15) is 0 Å². The second-order valence-corrected chi connectivity index (χ2v) is 4.43. The maximum atomic E-state index is 10.8. The van der Waals surface area contributed by atoms with Gasteiger partial charge in [0.1, 0.15) is 0 Å². The number of rotatable bonds is 3. The number of hydrogen-bond donors (Lipinski definition) is 1. The molecular formula is C10H16ClNO2. The molecule has 0 spiro atoms. The van der Waals surface area contributed by atoms with Crippen LogP contribution in [0.4, 0.5) is 0 Å². The van der Waals surface area contributed by atoms with Crippen molar-refractivity contribution in [3.8, 4) is 0 Å². The molecule has 2 atom stereocenters. The molecule has 0 radical (unpaired) electrons. The Kier molecular flexibility index (Phi) is 3.96. The molecule has 3 nitrogen and oxygen atoms in total. The first-order chi connectivity index (χ1) is 6.50. The van der Waals surface area contributed by atoms with Crippen LogP contribution in [-0.4, -0.2) is 35.1 Å². The van der Waals surface area contributed by atoms with Crippen molar-refractivity contribution in [2.75, 3.05) is 13.1 Å². The van der Waals surface area contributed by atoms with Crippen molar-refractivity contribution < 1.29 is 9.90 Å². The van der Waals surface area contributed by atoms with E-state index < -0.39 is 5.97 Å². The number of piperidine rings is 1. The number of carboxylic acids is 1. The molecule has 1 N–H and O–H groups in total. The van der Waals surface area contributed by atoms with E-state index in [4.69, 9.17) is 16.7 Å². The van der Waals surface area contributed by atoms with Crippen molar-refractivity contribution >= 4 is 17.6 Å². The molecule has 0 bridgehead atoms. The Hall–Kier alpha value is -0.540. The van der Waals surface area contributed by atoms with E-state index in [9.17, 15) is 4.79 Å². The molecule has 1 aliphatic heterocycles. The predicted octanol–water partition coefficient (Wildman–Crippen LogP) is 1.92. The third-order valence-corrected chi connectivity index (χ3v) is 2.86. The van der Waals surface area contributed by atoms with Gasteiger partial charge in [-0.1, -0.05) is 18.2 Å². The third kappa shape index (κ3) is 3.00. The minimum atomic E-state index is -0.679. The smallest absolute Gasteiger partial charge is 0.306 e. The molecule has 0 saturated carbocycles. The van der Waals surface area contributed by atoms with Crippen LogP contribution in [0.15, 0.2) is 11.6 Å². The number of halogens is 1. The van der Waals surface area contributed by atoms with Gasteiger partial charge in [0.15, 0.2) is 0 Å². The highest BCUT2D eigenvalue weighted by molar-refractivity contribution is 6.29. The van der Waals surface area contributed by atoms with Gasteiger partial charge in [0.25, 0.3) is 0 Å². The van der Waals surface area contributed by atoms with Crippen LogP contribution in [0.2, 0.25) is 0 Å². The summed E-state index contributed by atoms with van der Waals surface area (Å²) in [6.07, 6.45) is 1.42. The van der Waals surface area contributed by atoms with Crippen LogP contribution in [0.1, 0.15) is 19.8 Å². The van der Waals surface area contributed by atoms with E-state index in [1.54, 1.807) is 0 Å². The summed E-state index contributed by atoms with van der Waals surface area (Å²) in [5.74, 6) is -0.869. The maximum Gasteiger partial charge on any atom is 0.306 e. The second-order valence-electron chi connectivity index (χ2n) is 3.90. The summed E-state index contributed by atoms with van der Waals surface area (Å²) in [7, 11) is 0. The zero-order valence-corrected chi connectivity index (χ0v) is 9.13. The van der Waals surface area contributed by atoms with Gasteiger partial charge in [0.2, 0.25) is 0 Å². The van der Waals surface area contributed by atoms with Crippen molar-refractivity contribution in [2.45, 2.75) is 25.8 Å². The molecule has 0 aromatic carbocycles. The summed E-state index contributed by atoms with van der Waals surface area (Å²) in [6, 6.07) is 0.278. The van der Waals surface area contributed by atoms with Gasteiger partial charge >= 0.3 is 5.97 Å². The summed E-state index contributed by atoms with van der Waals surface area (Å²) < 4.78 is 0. The van der Waals surface area contributed by atoms with Crippen molar-refractivity contribution in [1.82, 2.24) is 4.90 Å². The molecule has 1 saturated heterocycles. The monoisotopic (exact) mass is 217 g/mol. The first-order valence-corrected chi connectivity index (χ1v) is 5.18. The van der Waals surface area contributed by atoms with E-state index in [0.717, 1.165) is 6.54 Å². The molecule has 1 heterocycles. The number of nitrogens with zero attached hydrogens (tertiary/aromatic N) is 1. The average Bonchev–Trinajstić information content (AvgIpc) is 2.07. The normalized spacial score (nSPS) is 28.7. The Morgan fingerprint density at radius 2 is 2.36 bits per heavy atom. The van der Waals surface area contributed by atoms with Crippen LogP contribution in [0.25, 0.3) is 0 Å². The topological polar surface area (TPSA) is 40.5 Å². The fraction of sp³-hybridized carbons (Fsp3) is 0.700. The van der Waals surface area contributed by atoms with Crippen molar-refractivity contribution in [1.29, 1.82) is 0 Å². The Morgan fingerprint density at radius 3 is 2.79 bits per heavy atom. The molecule has 0 amide bonds. The first kappa shape index (κ1) is 11.5. The number of hydrogen-bond acceptors (Lipinski definition) is 2. The number of carbonyl (C=O) groups is 1. The number of aliphatic carboxylic acids is 1. The molecule has 0 aromatic heterocycles. The van der Waals surface area contributed by atoms with Crippen molar-refractivity contribution in [2.24, 2.45) is 5.92 Å². The summed E-state index contributed by atoms with van der Waals surface area (Å²) in [5.41, 5.74) is 0. The molecule has 14 heavy (non-hydrogen) atoms. The van der Waals surface area contributed by atoms with Crippen LogP contribution in [0.3, 0.4) is 0 Å². The van der Waals surface area contributed by atoms with Crippen LogP contribution < -0.4 is 0 Å². The predicted molar refractivity (Wildman–Crippen MR) is 56.4 cm³/mol. The largest absolute Gasteiger partial charge is 0.481 e. The lowest BCUT2D eigenvalue weighted by molar-refractivity contribution is -0.143. The summed E-state index contributed by atoms with van der Waals surface area (Å²) in [4.78, 5) is 12.9. The standard InChI is InChI=1S/C10H16ClNO2/c1-7(11)6-12-4-3-9(10(13)14)5-8(12)2/h8-9H,1,3-6H2,2H3,(H,13,14). The number of likely N-dealkylation sites (tertiary alicyclic amines) is 1. The van der Waals surface area contributed by atoms with Gasteiger partial charge in [-0.05, 0) is 26.3 Å². The lowest BCUT2D eigenvalue weighted by Crippen LogP contribution is -2.43. The molecule has 1 rings (SSSR count). The minimum Gasteiger partial charge on any atom is -0.481 e. The highest BCUT2D eigenvalue weighted by Gasteiger charge is 2.29. The van der Waals surface area contributed by atoms with Crippen LogP contribution in [0.5, 0.6) is 0 Å². The molecule has 80 valence electrons. The SMILES string of the molecule is C=C(Cl)CN1CCC(C(=O)O)CC1C. The highest BCUT2D eigenvalue weighted by Crippen LogP contribution is 2.23. The zero-order valence-electron chi connectivity index (χ0n) is 8.37. The fourth-order valence-electron chi connectivity index (χ4n) is 1.90. The Morgan fingerprint density at radius 1 is 1.71 bits per heavy atom. The molecule has 1 aliphatic rings. The zero-order chi connectivity index (χ0) is 10.7. The van der Waals surface area contributed by atoms with Gasteiger partial charge in [0.05, 0.1) is 5.92 Å². The summed E-state index contributed by atoms with van der Waals surface area (Å²) in [5, 5.41) is 9.48. The van der Waals surface area contributed by atoms with E-state index in [1.165, 1.54) is 0 Å². The van der Waals surface area contributed by atoms with E-state index in [0.29, 0.717) is 24.4 Å². The van der Waals surface area contributed by atoms with Gasteiger partial charge in [-0.25, -0.2) is 0 Å². The number of carboxylic acid groups (broad SMARTS) is 1. The van der Waals surface area contributed by atoms with E-state index in [2.05, 4.69) is 11.5 Å². The van der Waals surface area contributed by atoms with Crippen LogP contribution in [-0.2, 0) is 4.79 Å². The Labute approximate surface area is 89.3 Å². The van der Waals surface area contributed by atoms with Gasteiger partial charge in [-0.15, -0.1) is 0 Å². The van der Waals surface area contributed by atoms with Crippen LogP contribution >= 0.6 is 11.6 Å². The van der Waals surface area contributed by atoms with Gasteiger partial charge in [0, 0.05) is 17.6 Å². The van der Waals surface area contributed by atoms with E-state index in [1.807, 2.05) is 6.92 Å². The quantitative estimate of drug-likeness (QED) is 0.786. The minimum absolute atomic E-state index is 0.190. The van der Waals surface area contributed by atoms with E-state index >= 15 is 0 Å². The lowest BCUT2D eigenvalue weighted by atomic mass is 9.92. The fourth-order valence-corrected chi connectivity index (χ4v) is 2.05. The van der Waals surface area contributed by atoms with Gasteiger partial charge in [-0.3, -0.25) is 9.69 Å². The van der Waals surface area contributed by atoms with Gasteiger partial charge < -0.3 is 5.11 Å². The molecule has 4 heteroatoms. The molecule has 1 fully saturated rings. The Bertz CT molecular complexity index is 242. The van der Waals surface area contributed by atoms with Crippen LogP contribution in [0, 0.1) is 5.92 Å². The second kappa shape index (κ2) is 4.80. The first-order valence-electron chi connectivity index (χ1n) is 4.81. The average molecular weight is 218 g/mol. The van der Waals surface area contributed by atoms with Crippen molar-refractivity contribution in [3.05, 3.63) is 11.6 Å². The molecular weight excluding hydrogens is 202 g/mol. The molecule has 0 aromatic rings. The molecule has 0 aliphatic carbocycles. The highest BCUT2D eigenvalue weighted by atomic mass is 35.5. The molecule has 2 unspecified atom stereocenters. The Balaban J connectivity index is 2.47. The summed E-state index contributed by atoms with van der Waals surface area (Å²) in [6.45, 7) is 7.14. The maximum absolute atomic E-state index is 10.8. The summed E-state index contributed by atoms with van der Waals surface area (Å²) >= 11 is 5.72. The third-order valence-electron chi connectivity index (χ3n) is 2.74. The van der Waals surface area contributed by atoms with E-state index in [-0.39, 0.29) is 12.0 Å².